The number of benzene rings is 3. The van der Waals surface area contributed by atoms with Gasteiger partial charge >= 0.3 is 0 Å². The van der Waals surface area contributed by atoms with Crippen LogP contribution in [0.25, 0.3) is 11.6 Å². The van der Waals surface area contributed by atoms with E-state index in [1.807, 2.05) is 54.6 Å². The van der Waals surface area contributed by atoms with Crippen LogP contribution in [0.3, 0.4) is 0 Å². The van der Waals surface area contributed by atoms with Gasteiger partial charge < -0.3 is 9.47 Å². The van der Waals surface area contributed by atoms with Crippen LogP contribution in [-0.2, 0) is 6.61 Å². The average Bonchev–Trinajstić information content (AvgIpc) is 2.72. The molecule has 3 aromatic carbocycles. The van der Waals surface area contributed by atoms with Crippen LogP contribution >= 0.6 is 50.1 Å². The van der Waals surface area contributed by atoms with E-state index in [2.05, 4.69) is 44.6 Å². The van der Waals surface area contributed by atoms with Gasteiger partial charge in [-0.2, -0.15) is 5.26 Å². The number of halogens is 3. The Kier molecular flexibility index (Phi) is 7.59. The van der Waals surface area contributed by atoms with Crippen molar-refractivity contribution >= 4 is 61.8 Å². The number of rotatable bonds is 6. The van der Waals surface area contributed by atoms with Crippen molar-refractivity contribution in [3.8, 4) is 17.6 Å². The summed E-state index contributed by atoms with van der Waals surface area (Å²) in [7, 11) is 1.60. The molecule has 3 rings (SSSR count). The van der Waals surface area contributed by atoms with Crippen LogP contribution in [0.5, 0.6) is 11.5 Å². The van der Waals surface area contributed by atoms with Crippen LogP contribution in [-0.4, -0.2) is 7.11 Å². The third-order valence-corrected chi connectivity index (χ3v) is 5.68. The number of methoxy groups -OCH3 is 1. The predicted octanol–water partition coefficient (Wildman–Crippen LogP) is 7.36. The van der Waals surface area contributed by atoms with Crippen LogP contribution < -0.4 is 9.47 Å². The summed E-state index contributed by atoms with van der Waals surface area (Å²) in [6, 6.07) is 21.3. The highest BCUT2D eigenvalue weighted by molar-refractivity contribution is 14.1. The van der Waals surface area contributed by atoms with E-state index in [0.717, 1.165) is 24.7 Å². The van der Waals surface area contributed by atoms with E-state index in [4.69, 9.17) is 21.1 Å². The minimum atomic E-state index is 0.431. The normalized spacial score (nSPS) is 11.1. The molecule has 0 amide bonds. The first-order chi connectivity index (χ1) is 14.0. The quantitative estimate of drug-likeness (QED) is 0.174. The monoisotopic (exact) mass is 579 g/mol. The second kappa shape index (κ2) is 10.1. The third kappa shape index (κ3) is 5.75. The van der Waals surface area contributed by atoms with Crippen molar-refractivity contribution in [2.24, 2.45) is 0 Å². The van der Waals surface area contributed by atoms with Crippen LogP contribution in [0.2, 0.25) is 5.02 Å². The summed E-state index contributed by atoms with van der Waals surface area (Å²) < 4.78 is 13.5. The summed E-state index contributed by atoms with van der Waals surface area (Å²) in [4.78, 5) is 0. The minimum absolute atomic E-state index is 0.431. The number of nitriles is 1. The molecule has 0 aliphatic heterocycles. The average molecular weight is 581 g/mol. The van der Waals surface area contributed by atoms with Gasteiger partial charge in [0.1, 0.15) is 6.61 Å². The molecule has 6 heteroatoms. The molecule has 0 spiro atoms. The second-order valence-electron chi connectivity index (χ2n) is 6.13. The third-order valence-electron chi connectivity index (χ3n) is 4.12. The fourth-order valence-electron chi connectivity index (χ4n) is 2.70. The zero-order valence-corrected chi connectivity index (χ0v) is 20.0. The Labute approximate surface area is 197 Å². The van der Waals surface area contributed by atoms with Gasteiger partial charge in [0.05, 0.1) is 22.3 Å². The Morgan fingerprint density at radius 2 is 1.93 bits per heavy atom. The van der Waals surface area contributed by atoms with Crippen molar-refractivity contribution in [3.63, 3.8) is 0 Å². The highest BCUT2D eigenvalue weighted by Gasteiger charge is 2.12. The van der Waals surface area contributed by atoms with E-state index in [-0.39, 0.29) is 0 Å². The smallest absolute Gasteiger partial charge is 0.174 e. The van der Waals surface area contributed by atoms with Gasteiger partial charge in [0.2, 0.25) is 0 Å². The summed E-state index contributed by atoms with van der Waals surface area (Å²) in [5.41, 5.74) is 3.19. The number of nitrogens with zero attached hydrogens (tertiary/aromatic N) is 1. The van der Waals surface area contributed by atoms with Crippen molar-refractivity contribution in [1.29, 1.82) is 5.26 Å². The highest BCUT2D eigenvalue weighted by atomic mass is 127. The van der Waals surface area contributed by atoms with Gasteiger partial charge in [-0.15, -0.1) is 0 Å². The molecule has 0 bridgehead atoms. The molecule has 0 saturated carbocycles. The lowest BCUT2D eigenvalue weighted by Crippen LogP contribution is -2.00. The van der Waals surface area contributed by atoms with Gasteiger partial charge in [-0.05, 0) is 81.8 Å². The molecule has 0 aliphatic carbocycles. The molecule has 0 saturated heterocycles. The Morgan fingerprint density at radius 3 is 2.59 bits per heavy atom. The first kappa shape index (κ1) is 21.7. The standard InChI is InChI=1S/C23H16BrClINO2/c1-28-22-11-16(9-18(13-27)17-3-2-4-20(25)12-17)10-21(26)23(22)29-14-15-5-7-19(24)8-6-15/h2-12H,14H2,1H3/b18-9-. The summed E-state index contributed by atoms with van der Waals surface area (Å²) in [6.07, 6.45) is 1.81. The summed E-state index contributed by atoms with van der Waals surface area (Å²) >= 11 is 11.7. The largest absolute Gasteiger partial charge is 0.493 e. The van der Waals surface area contributed by atoms with E-state index in [9.17, 15) is 5.26 Å². The van der Waals surface area contributed by atoms with Gasteiger partial charge in [0.25, 0.3) is 0 Å². The molecule has 0 N–H and O–H groups in total. The van der Waals surface area contributed by atoms with Crippen molar-refractivity contribution in [2.45, 2.75) is 6.61 Å². The second-order valence-corrected chi connectivity index (χ2v) is 8.64. The first-order valence-electron chi connectivity index (χ1n) is 8.62. The van der Waals surface area contributed by atoms with Crippen molar-refractivity contribution in [3.05, 3.63) is 90.4 Å². The summed E-state index contributed by atoms with van der Waals surface area (Å²) in [6.45, 7) is 0.431. The van der Waals surface area contributed by atoms with E-state index in [1.54, 1.807) is 19.2 Å². The molecule has 146 valence electrons. The Balaban J connectivity index is 1.89. The van der Waals surface area contributed by atoms with E-state index in [1.165, 1.54) is 0 Å². The predicted molar refractivity (Wildman–Crippen MR) is 129 cm³/mol. The molecule has 0 aliphatic rings. The topological polar surface area (TPSA) is 42.2 Å². The van der Waals surface area contributed by atoms with E-state index in [0.29, 0.717) is 28.7 Å². The van der Waals surface area contributed by atoms with Gasteiger partial charge in [-0.25, -0.2) is 0 Å². The molecule has 0 aromatic heterocycles. The van der Waals surface area contributed by atoms with Crippen LogP contribution in [0.4, 0.5) is 0 Å². The van der Waals surface area contributed by atoms with Crippen molar-refractivity contribution in [2.75, 3.05) is 7.11 Å². The maximum atomic E-state index is 9.59. The number of ether oxygens (including phenoxy) is 2. The molecule has 0 unspecified atom stereocenters. The lowest BCUT2D eigenvalue weighted by Gasteiger charge is -2.14. The summed E-state index contributed by atoms with van der Waals surface area (Å²) in [5.74, 6) is 1.29. The lowest BCUT2D eigenvalue weighted by atomic mass is 10.0. The van der Waals surface area contributed by atoms with Crippen LogP contribution in [0.15, 0.2) is 65.1 Å². The van der Waals surface area contributed by atoms with Crippen molar-refractivity contribution < 1.29 is 9.47 Å². The SMILES string of the molecule is COc1cc(/C=C(/C#N)c2cccc(Cl)c2)cc(I)c1OCc1ccc(Br)cc1. The molecule has 0 atom stereocenters. The first-order valence-corrected chi connectivity index (χ1v) is 10.9. The molecule has 29 heavy (non-hydrogen) atoms. The minimum Gasteiger partial charge on any atom is -0.493 e. The van der Waals surface area contributed by atoms with Gasteiger partial charge in [-0.1, -0.05) is 51.8 Å². The molecule has 0 radical (unpaired) electrons. The zero-order chi connectivity index (χ0) is 20.8. The number of hydrogen-bond donors (Lipinski definition) is 0. The zero-order valence-electron chi connectivity index (χ0n) is 15.5. The molecule has 3 nitrogen and oxygen atoms in total. The van der Waals surface area contributed by atoms with Gasteiger partial charge in [-0.3, -0.25) is 0 Å². The number of allylic oxidation sites excluding steroid dienone is 1. The lowest BCUT2D eigenvalue weighted by molar-refractivity contribution is 0.282. The van der Waals surface area contributed by atoms with E-state index < -0.39 is 0 Å². The van der Waals surface area contributed by atoms with Crippen molar-refractivity contribution in [1.82, 2.24) is 0 Å². The Morgan fingerprint density at radius 1 is 1.17 bits per heavy atom. The van der Waals surface area contributed by atoms with Crippen LogP contribution in [0.1, 0.15) is 16.7 Å². The molecule has 3 aromatic rings. The maximum Gasteiger partial charge on any atom is 0.174 e. The highest BCUT2D eigenvalue weighted by Crippen LogP contribution is 2.36. The summed E-state index contributed by atoms with van der Waals surface area (Å²) in [5, 5.41) is 10.2. The Bertz CT molecular complexity index is 1090. The molecule has 0 fully saturated rings. The molecular formula is C23H16BrClINO2. The van der Waals surface area contributed by atoms with Gasteiger partial charge in [0.15, 0.2) is 11.5 Å². The Hall–Kier alpha value is -2.01. The van der Waals surface area contributed by atoms with Crippen LogP contribution in [0, 0.1) is 14.9 Å². The van der Waals surface area contributed by atoms with E-state index >= 15 is 0 Å². The fraction of sp³-hybridized carbons (Fsp3) is 0.0870. The molecular weight excluding hydrogens is 565 g/mol. The molecule has 0 heterocycles. The van der Waals surface area contributed by atoms with Gasteiger partial charge in [0, 0.05) is 9.50 Å². The maximum absolute atomic E-state index is 9.59. The number of hydrogen-bond acceptors (Lipinski definition) is 3. The fourth-order valence-corrected chi connectivity index (χ4v) is 3.94.